The molecule has 2 aromatic heterocycles. The summed E-state index contributed by atoms with van der Waals surface area (Å²) in [5, 5.41) is 5.41. The molecule has 5 nitrogen and oxygen atoms in total. The van der Waals surface area contributed by atoms with Gasteiger partial charge in [-0.05, 0) is 36.4 Å². The van der Waals surface area contributed by atoms with Gasteiger partial charge in [-0.3, -0.25) is 9.78 Å². The van der Waals surface area contributed by atoms with Crippen molar-refractivity contribution < 1.29 is 13.6 Å². The Kier molecular flexibility index (Phi) is 4.42. The maximum atomic E-state index is 13.6. The third kappa shape index (κ3) is 3.70. The SMILES string of the molecule is O=C(Nc1ccc(Nc2ccc(F)cc2F)nc1)c1cccnc1. The molecular formula is C17H12F2N4O. The summed E-state index contributed by atoms with van der Waals surface area (Å²) in [4.78, 5) is 19.9. The molecule has 0 saturated carbocycles. The van der Waals surface area contributed by atoms with Gasteiger partial charge in [0.1, 0.15) is 17.5 Å². The molecule has 0 saturated heterocycles. The van der Waals surface area contributed by atoms with Crippen molar-refractivity contribution in [1.29, 1.82) is 0 Å². The minimum Gasteiger partial charge on any atom is -0.338 e. The first-order valence-corrected chi connectivity index (χ1v) is 7.01. The van der Waals surface area contributed by atoms with Gasteiger partial charge in [-0.15, -0.1) is 0 Å². The summed E-state index contributed by atoms with van der Waals surface area (Å²) in [5.74, 6) is -1.32. The van der Waals surface area contributed by atoms with Crippen LogP contribution in [0, 0.1) is 11.6 Å². The lowest BCUT2D eigenvalue weighted by atomic mass is 10.2. The van der Waals surface area contributed by atoms with Crippen LogP contribution in [-0.2, 0) is 0 Å². The highest BCUT2D eigenvalue weighted by molar-refractivity contribution is 6.03. The number of pyridine rings is 2. The number of nitrogens with zero attached hydrogens (tertiary/aromatic N) is 2. The highest BCUT2D eigenvalue weighted by Gasteiger charge is 2.07. The van der Waals surface area contributed by atoms with E-state index in [0.29, 0.717) is 17.1 Å². The van der Waals surface area contributed by atoms with Crippen molar-refractivity contribution in [2.24, 2.45) is 0 Å². The third-order valence-electron chi connectivity index (χ3n) is 3.14. The zero-order valence-electron chi connectivity index (χ0n) is 12.3. The quantitative estimate of drug-likeness (QED) is 0.766. The summed E-state index contributed by atoms with van der Waals surface area (Å²) in [6.07, 6.45) is 4.46. The van der Waals surface area contributed by atoms with Crippen LogP contribution in [0.4, 0.5) is 26.0 Å². The zero-order chi connectivity index (χ0) is 16.9. The second-order valence-corrected chi connectivity index (χ2v) is 4.88. The smallest absolute Gasteiger partial charge is 0.257 e. The molecule has 0 aliphatic heterocycles. The number of aromatic nitrogens is 2. The van der Waals surface area contributed by atoms with Gasteiger partial charge in [0.25, 0.3) is 5.91 Å². The molecule has 0 bridgehead atoms. The summed E-state index contributed by atoms with van der Waals surface area (Å²) >= 11 is 0. The molecule has 1 amide bonds. The van der Waals surface area contributed by atoms with Crippen molar-refractivity contribution in [1.82, 2.24) is 9.97 Å². The van der Waals surface area contributed by atoms with Gasteiger partial charge in [-0.25, -0.2) is 13.8 Å². The predicted octanol–water partition coefficient (Wildman–Crippen LogP) is 3.75. The molecule has 2 heterocycles. The Balaban J connectivity index is 1.68. The van der Waals surface area contributed by atoms with Gasteiger partial charge >= 0.3 is 0 Å². The van der Waals surface area contributed by atoms with Crippen molar-refractivity contribution in [2.45, 2.75) is 0 Å². The Labute approximate surface area is 136 Å². The lowest BCUT2D eigenvalue weighted by Crippen LogP contribution is -2.12. The molecule has 0 spiro atoms. The molecule has 3 rings (SSSR count). The summed E-state index contributed by atoms with van der Waals surface area (Å²) in [6, 6.07) is 9.70. The molecule has 3 aromatic rings. The van der Waals surface area contributed by atoms with Gasteiger partial charge in [0.2, 0.25) is 0 Å². The van der Waals surface area contributed by atoms with Crippen LogP contribution in [0.25, 0.3) is 0 Å². The molecule has 1 aromatic carbocycles. The van der Waals surface area contributed by atoms with Gasteiger partial charge in [0, 0.05) is 18.5 Å². The lowest BCUT2D eigenvalue weighted by molar-refractivity contribution is 0.102. The molecule has 0 aliphatic carbocycles. The summed E-state index contributed by atoms with van der Waals surface area (Å²) in [6.45, 7) is 0. The van der Waals surface area contributed by atoms with Crippen LogP contribution >= 0.6 is 0 Å². The first-order chi connectivity index (χ1) is 11.6. The zero-order valence-corrected chi connectivity index (χ0v) is 12.3. The van der Waals surface area contributed by atoms with E-state index in [2.05, 4.69) is 20.6 Å². The molecule has 24 heavy (non-hydrogen) atoms. The number of carbonyl (C=O) groups is 1. The lowest BCUT2D eigenvalue weighted by Gasteiger charge is -2.08. The monoisotopic (exact) mass is 326 g/mol. The van der Waals surface area contributed by atoms with Crippen molar-refractivity contribution in [3.8, 4) is 0 Å². The maximum absolute atomic E-state index is 13.6. The fourth-order valence-corrected chi connectivity index (χ4v) is 1.97. The van der Waals surface area contributed by atoms with Gasteiger partial charge in [0.05, 0.1) is 23.1 Å². The average molecular weight is 326 g/mol. The number of amides is 1. The van der Waals surface area contributed by atoms with E-state index in [-0.39, 0.29) is 11.6 Å². The van der Waals surface area contributed by atoms with E-state index in [1.165, 1.54) is 18.5 Å². The topological polar surface area (TPSA) is 66.9 Å². The molecule has 120 valence electrons. The third-order valence-corrected chi connectivity index (χ3v) is 3.14. The van der Waals surface area contributed by atoms with Crippen LogP contribution in [0.2, 0.25) is 0 Å². The van der Waals surface area contributed by atoms with Crippen LogP contribution in [0.1, 0.15) is 10.4 Å². The van der Waals surface area contributed by atoms with Crippen LogP contribution < -0.4 is 10.6 Å². The van der Waals surface area contributed by atoms with Crippen LogP contribution in [0.15, 0.2) is 61.1 Å². The Bertz CT molecular complexity index is 854. The number of benzene rings is 1. The summed E-state index contributed by atoms with van der Waals surface area (Å²) in [7, 11) is 0. The van der Waals surface area contributed by atoms with Gasteiger partial charge < -0.3 is 10.6 Å². The van der Waals surface area contributed by atoms with E-state index in [1.54, 1.807) is 30.5 Å². The molecular weight excluding hydrogens is 314 g/mol. The van der Waals surface area contributed by atoms with Gasteiger partial charge in [-0.2, -0.15) is 0 Å². The number of halogens is 2. The fraction of sp³-hybridized carbons (Fsp3) is 0. The fourth-order valence-electron chi connectivity index (χ4n) is 1.97. The summed E-state index contributed by atoms with van der Waals surface area (Å²) in [5.41, 5.74) is 1.01. The molecule has 0 atom stereocenters. The van der Waals surface area contributed by atoms with Crippen molar-refractivity contribution in [2.75, 3.05) is 10.6 Å². The predicted molar refractivity (Wildman–Crippen MR) is 86.1 cm³/mol. The number of hydrogen-bond donors (Lipinski definition) is 2. The molecule has 0 aliphatic rings. The molecule has 7 heteroatoms. The Morgan fingerprint density at radius 2 is 1.92 bits per heavy atom. The number of hydrogen-bond acceptors (Lipinski definition) is 4. The van der Waals surface area contributed by atoms with E-state index in [4.69, 9.17) is 0 Å². The molecule has 0 fully saturated rings. The van der Waals surface area contributed by atoms with E-state index in [1.807, 2.05) is 0 Å². The largest absolute Gasteiger partial charge is 0.338 e. The highest BCUT2D eigenvalue weighted by atomic mass is 19.1. The van der Waals surface area contributed by atoms with Crippen LogP contribution in [0.3, 0.4) is 0 Å². The first-order valence-electron chi connectivity index (χ1n) is 7.01. The van der Waals surface area contributed by atoms with E-state index < -0.39 is 11.6 Å². The minimum atomic E-state index is -0.717. The second-order valence-electron chi connectivity index (χ2n) is 4.88. The highest BCUT2D eigenvalue weighted by Crippen LogP contribution is 2.20. The van der Waals surface area contributed by atoms with Crippen molar-refractivity contribution >= 4 is 23.1 Å². The van der Waals surface area contributed by atoms with Crippen LogP contribution in [0.5, 0.6) is 0 Å². The summed E-state index contributed by atoms with van der Waals surface area (Å²) < 4.78 is 26.5. The standard InChI is InChI=1S/C17H12F2N4O/c18-12-3-5-15(14(19)8-12)23-16-6-4-13(10-21-16)22-17(24)11-2-1-7-20-9-11/h1-10H,(H,21,23)(H,22,24). The van der Waals surface area contributed by atoms with Crippen molar-refractivity contribution in [3.05, 3.63) is 78.3 Å². The normalized spacial score (nSPS) is 10.2. The van der Waals surface area contributed by atoms with E-state index >= 15 is 0 Å². The number of rotatable bonds is 4. The van der Waals surface area contributed by atoms with Gasteiger partial charge in [-0.1, -0.05) is 0 Å². The number of carbonyl (C=O) groups excluding carboxylic acids is 1. The first kappa shape index (κ1) is 15.5. The number of anilines is 3. The second kappa shape index (κ2) is 6.82. The van der Waals surface area contributed by atoms with Gasteiger partial charge in [0.15, 0.2) is 0 Å². The maximum Gasteiger partial charge on any atom is 0.257 e. The number of nitrogens with one attached hydrogen (secondary N) is 2. The Morgan fingerprint density at radius 3 is 2.58 bits per heavy atom. The van der Waals surface area contributed by atoms with Crippen molar-refractivity contribution in [3.63, 3.8) is 0 Å². The Hall–Kier alpha value is -3.35. The van der Waals surface area contributed by atoms with E-state index in [0.717, 1.165) is 12.1 Å². The van der Waals surface area contributed by atoms with E-state index in [9.17, 15) is 13.6 Å². The average Bonchev–Trinajstić information content (AvgIpc) is 2.60. The minimum absolute atomic E-state index is 0.107. The Morgan fingerprint density at radius 1 is 1.04 bits per heavy atom. The van der Waals surface area contributed by atoms with Crippen LogP contribution in [-0.4, -0.2) is 15.9 Å². The molecule has 0 radical (unpaired) electrons. The molecule has 2 N–H and O–H groups in total. The molecule has 0 unspecified atom stereocenters.